The van der Waals surface area contributed by atoms with E-state index in [0.717, 1.165) is 0 Å². The summed E-state index contributed by atoms with van der Waals surface area (Å²) in [6, 6.07) is 6.99. The Labute approximate surface area is 130 Å². The highest BCUT2D eigenvalue weighted by molar-refractivity contribution is 5.97. The lowest BCUT2D eigenvalue weighted by Crippen LogP contribution is -2.51. The van der Waals surface area contributed by atoms with Gasteiger partial charge in [-0.3, -0.25) is 20.4 Å². The third-order valence-corrected chi connectivity index (χ3v) is 3.04. The van der Waals surface area contributed by atoms with Crippen LogP contribution >= 0.6 is 0 Å². The molecule has 3 rings (SSSR count). The number of ether oxygens (including phenoxy) is 2. The Kier molecular flexibility index (Phi) is 3.91. The van der Waals surface area contributed by atoms with Gasteiger partial charge in [0.25, 0.3) is 11.8 Å². The number of nitrogens with one attached hydrogen (secondary N) is 2. The standard InChI is InChI=1S/C14H13N5O4/c15-12-11(16-5-6-17-12)14(21)19-18-13(20)10-7-22-8-3-1-2-4-9(8)23-10/h1-6,10H,7H2,(H2,15,17)(H,18,20)(H,19,21)/t10-/m1/s1. The molecule has 0 saturated heterocycles. The Bertz CT molecular complexity index is 751. The Morgan fingerprint density at radius 3 is 2.65 bits per heavy atom. The first-order chi connectivity index (χ1) is 11.1. The van der Waals surface area contributed by atoms with E-state index in [9.17, 15) is 9.59 Å². The third kappa shape index (κ3) is 3.12. The van der Waals surface area contributed by atoms with Crippen LogP contribution in [0.2, 0.25) is 0 Å². The molecular weight excluding hydrogens is 302 g/mol. The van der Waals surface area contributed by atoms with Gasteiger partial charge in [0.05, 0.1) is 0 Å². The van der Waals surface area contributed by atoms with Crippen molar-refractivity contribution in [1.82, 2.24) is 20.8 Å². The highest BCUT2D eigenvalue weighted by Gasteiger charge is 2.27. The number of carbonyl (C=O) groups is 2. The predicted octanol–water partition coefficient (Wildman–Crippen LogP) is -0.340. The first kappa shape index (κ1) is 14.6. The summed E-state index contributed by atoms with van der Waals surface area (Å²) in [4.78, 5) is 31.4. The molecule has 1 atom stereocenters. The van der Waals surface area contributed by atoms with Crippen LogP contribution in [0.25, 0.3) is 0 Å². The molecule has 2 aromatic rings. The fourth-order valence-electron chi connectivity index (χ4n) is 1.93. The minimum absolute atomic E-state index is 0.0337. The number of para-hydroxylation sites is 2. The smallest absolute Gasteiger partial charge is 0.292 e. The first-order valence-electron chi connectivity index (χ1n) is 6.70. The van der Waals surface area contributed by atoms with Crippen molar-refractivity contribution in [3.63, 3.8) is 0 Å². The maximum absolute atomic E-state index is 12.0. The number of amides is 2. The number of benzene rings is 1. The average molecular weight is 315 g/mol. The number of anilines is 1. The van der Waals surface area contributed by atoms with Gasteiger partial charge in [-0.15, -0.1) is 0 Å². The molecular formula is C14H13N5O4. The van der Waals surface area contributed by atoms with E-state index >= 15 is 0 Å². The summed E-state index contributed by atoms with van der Waals surface area (Å²) in [6.07, 6.45) is 1.79. The number of hydrogen-bond donors (Lipinski definition) is 3. The van der Waals surface area contributed by atoms with Gasteiger partial charge in [-0.2, -0.15) is 0 Å². The van der Waals surface area contributed by atoms with Crippen molar-refractivity contribution in [2.24, 2.45) is 0 Å². The van der Waals surface area contributed by atoms with Crippen LogP contribution < -0.4 is 26.1 Å². The van der Waals surface area contributed by atoms with Gasteiger partial charge in [0.1, 0.15) is 6.61 Å². The number of rotatable bonds is 2. The lowest BCUT2D eigenvalue weighted by molar-refractivity contribution is -0.131. The number of hydrogen-bond acceptors (Lipinski definition) is 7. The molecule has 2 amide bonds. The van der Waals surface area contributed by atoms with Gasteiger partial charge in [-0.1, -0.05) is 12.1 Å². The molecule has 1 aliphatic rings. The summed E-state index contributed by atoms with van der Waals surface area (Å²) in [5.74, 6) is -0.252. The van der Waals surface area contributed by atoms with Gasteiger partial charge >= 0.3 is 0 Å². The fourth-order valence-corrected chi connectivity index (χ4v) is 1.93. The summed E-state index contributed by atoms with van der Waals surface area (Å²) in [5, 5.41) is 0. The summed E-state index contributed by atoms with van der Waals surface area (Å²) >= 11 is 0. The predicted molar refractivity (Wildman–Crippen MR) is 78.4 cm³/mol. The van der Waals surface area contributed by atoms with Crippen LogP contribution in [0, 0.1) is 0 Å². The van der Waals surface area contributed by atoms with E-state index in [4.69, 9.17) is 15.2 Å². The Balaban J connectivity index is 1.58. The van der Waals surface area contributed by atoms with Gasteiger partial charge in [-0.25, -0.2) is 9.97 Å². The molecule has 1 aliphatic heterocycles. The molecule has 118 valence electrons. The Hall–Kier alpha value is -3.36. The number of nitrogen functional groups attached to an aromatic ring is 1. The number of nitrogens with two attached hydrogens (primary N) is 1. The van der Waals surface area contributed by atoms with Crippen LogP contribution in [-0.4, -0.2) is 34.5 Å². The summed E-state index contributed by atoms with van der Waals surface area (Å²) in [6.45, 7) is 0.0337. The second-order valence-electron chi connectivity index (χ2n) is 4.60. The maximum Gasteiger partial charge on any atom is 0.292 e. The zero-order valence-corrected chi connectivity index (χ0v) is 11.9. The molecule has 1 aromatic carbocycles. The third-order valence-electron chi connectivity index (χ3n) is 3.04. The van der Waals surface area contributed by atoms with Crippen molar-refractivity contribution in [3.8, 4) is 11.5 Å². The van der Waals surface area contributed by atoms with E-state index in [1.54, 1.807) is 24.3 Å². The first-order valence-corrected chi connectivity index (χ1v) is 6.70. The number of aromatic nitrogens is 2. The van der Waals surface area contributed by atoms with Crippen LogP contribution in [0.15, 0.2) is 36.7 Å². The molecule has 4 N–H and O–H groups in total. The quantitative estimate of drug-likeness (QED) is 0.647. The monoisotopic (exact) mass is 315 g/mol. The Morgan fingerprint density at radius 1 is 1.13 bits per heavy atom. The van der Waals surface area contributed by atoms with E-state index < -0.39 is 17.9 Å². The highest BCUT2D eigenvalue weighted by Crippen LogP contribution is 2.30. The van der Waals surface area contributed by atoms with Crippen molar-refractivity contribution < 1.29 is 19.1 Å². The summed E-state index contributed by atoms with van der Waals surface area (Å²) in [5.41, 5.74) is 9.89. The van der Waals surface area contributed by atoms with Gasteiger partial charge in [-0.05, 0) is 12.1 Å². The largest absolute Gasteiger partial charge is 0.485 e. The highest BCUT2D eigenvalue weighted by atomic mass is 16.6. The van der Waals surface area contributed by atoms with Crippen molar-refractivity contribution in [1.29, 1.82) is 0 Å². The number of carbonyl (C=O) groups excluding carboxylic acids is 2. The van der Waals surface area contributed by atoms with Crippen molar-refractivity contribution in [2.75, 3.05) is 12.3 Å². The van der Waals surface area contributed by atoms with E-state index in [2.05, 4.69) is 20.8 Å². The van der Waals surface area contributed by atoms with Gasteiger partial charge in [0.2, 0.25) is 6.10 Å². The fraction of sp³-hybridized carbons (Fsp3) is 0.143. The number of hydrazine groups is 1. The van der Waals surface area contributed by atoms with Gasteiger partial charge < -0.3 is 15.2 Å². The molecule has 0 bridgehead atoms. The zero-order valence-electron chi connectivity index (χ0n) is 11.9. The van der Waals surface area contributed by atoms with Crippen molar-refractivity contribution in [3.05, 3.63) is 42.4 Å². The molecule has 9 heteroatoms. The minimum Gasteiger partial charge on any atom is -0.485 e. The van der Waals surface area contributed by atoms with Crippen molar-refractivity contribution >= 4 is 17.6 Å². The molecule has 0 spiro atoms. The van der Waals surface area contributed by atoms with Crippen LogP contribution in [0.1, 0.15) is 10.5 Å². The van der Waals surface area contributed by atoms with Crippen LogP contribution in [0.5, 0.6) is 11.5 Å². The topological polar surface area (TPSA) is 128 Å². The van der Waals surface area contributed by atoms with Gasteiger partial charge in [0.15, 0.2) is 23.0 Å². The number of nitrogens with zero attached hydrogens (tertiary/aromatic N) is 2. The molecule has 2 heterocycles. The van der Waals surface area contributed by atoms with Gasteiger partial charge in [0, 0.05) is 12.4 Å². The molecule has 9 nitrogen and oxygen atoms in total. The zero-order chi connectivity index (χ0) is 16.2. The summed E-state index contributed by atoms with van der Waals surface area (Å²) < 4.78 is 10.9. The molecule has 0 aliphatic carbocycles. The SMILES string of the molecule is Nc1nccnc1C(=O)NNC(=O)[C@H]1COc2ccccc2O1. The molecule has 1 aromatic heterocycles. The lowest BCUT2D eigenvalue weighted by atomic mass is 10.2. The molecule has 0 radical (unpaired) electrons. The van der Waals surface area contributed by atoms with E-state index in [1.165, 1.54) is 12.4 Å². The molecule has 0 fully saturated rings. The van der Waals surface area contributed by atoms with E-state index in [0.29, 0.717) is 11.5 Å². The van der Waals surface area contributed by atoms with Crippen LogP contribution in [0.4, 0.5) is 5.82 Å². The van der Waals surface area contributed by atoms with Crippen LogP contribution in [-0.2, 0) is 4.79 Å². The lowest BCUT2D eigenvalue weighted by Gasteiger charge is -2.25. The van der Waals surface area contributed by atoms with Crippen LogP contribution in [0.3, 0.4) is 0 Å². The van der Waals surface area contributed by atoms with E-state index in [-0.39, 0.29) is 18.1 Å². The molecule has 23 heavy (non-hydrogen) atoms. The minimum atomic E-state index is -0.885. The second-order valence-corrected chi connectivity index (χ2v) is 4.60. The second kappa shape index (κ2) is 6.18. The number of fused-ring (bicyclic) bond motifs is 1. The molecule has 0 saturated carbocycles. The normalized spacial score (nSPS) is 15.6. The summed E-state index contributed by atoms with van der Waals surface area (Å²) in [7, 11) is 0. The molecule has 0 unspecified atom stereocenters. The Morgan fingerprint density at radius 2 is 1.87 bits per heavy atom. The average Bonchev–Trinajstić information content (AvgIpc) is 2.59. The van der Waals surface area contributed by atoms with Crippen molar-refractivity contribution in [2.45, 2.75) is 6.10 Å². The van der Waals surface area contributed by atoms with E-state index in [1.807, 2.05) is 0 Å². The maximum atomic E-state index is 12.0.